The van der Waals surface area contributed by atoms with Crippen molar-refractivity contribution in [3.8, 4) is 0 Å². The molecule has 0 aromatic heterocycles. The first-order valence-electron chi connectivity index (χ1n) is 8.99. The second-order valence-corrected chi connectivity index (χ2v) is 6.93. The summed E-state index contributed by atoms with van der Waals surface area (Å²) in [5.74, 6) is -0.185. The SMILES string of the molecule is CC(=O)N(CC(=O)N(Cc1ccccc1)C(C)C)c1cccc(C)c1C. The van der Waals surface area contributed by atoms with E-state index in [1.54, 1.807) is 4.90 Å². The van der Waals surface area contributed by atoms with Gasteiger partial charge in [0.25, 0.3) is 0 Å². The van der Waals surface area contributed by atoms with E-state index >= 15 is 0 Å². The van der Waals surface area contributed by atoms with Crippen LogP contribution in [0.3, 0.4) is 0 Å². The number of rotatable bonds is 6. The molecule has 0 N–H and O–H groups in total. The van der Waals surface area contributed by atoms with Crippen molar-refractivity contribution in [1.82, 2.24) is 4.90 Å². The van der Waals surface area contributed by atoms with Crippen molar-refractivity contribution in [3.63, 3.8) is 0 Å². The summed E-state index contributed by atoms with van der Waals surface area (Å²) in [6, 6.07) is 15.8. The number of carbonyl (C=O) groups excluding carboxylic acids is 2. The minimum Gasteiger partial charge on any atom is -0.334 e. The average Bonchev–Trinajstić information content (AvgIpc) is 2.60. The molecule has 4 nitrogen and oxygen atoms in total. The van der Waals surface area contributed by atoms with Crippen LogP contribution in [0, 0.1) is 13.8 Å². The summed E-state index contributed by atoms with van der Waals surface area (Å²) < 4.78 is 0. The monoisotopic (exact) mass is 352 g/mol. The number of anilines is 1. The molecule has 0 spiro atoms. The Bertz CT molecular complexity index is 769. The van der Waals surface area contributed by atoms with Crippen molar-refractivity contribution >= 4 is 17.5 Å². The first-order chi connectivity index (χ1) is 12.3. The second-order valence-electron chi connectivity index (χ2n) is 6.93. The Morgan fingerprint density at radius 1 is 0.962 bits per heavy atom. The van der Waals surface area contributed by atoms with E-state index in [4.69, 9.17) is 0 Å². The predicted octanol–water partition coefficient (Wildman–Crippen LogP) is 4.09. The van der Waals surface area contributed by atoms with Crippen LogP contribution in [0.5, 0.6) is 0 Å². The van der Waals surface area contributed by atoms with Gasteiger partial charge in [0.05, 0.1) is 0 Å². The summed E-state index contributed by atoms with van der Waals surface area (Å²) in [4.78, 5) is 28.6. The smallest absolute Gasteiger partial charge is 0.243 e. The molecule has 0 aliphatic carbocycles. The van der Waals surface area contributed by atoms with Crippen LogP contribution in [-0.2, 0) is 16.1 Å². The Labute approximate surface area is 156 Å². The van der Waals surface area contributed by atoms with Gasteiger partial charge in [-0.1, -0.05) is 42.5 Å². The van der Waals surface area contributed by atoms with Crippen molar-refractivity contribution < 1.29 is 9.59 Å². The maximum Gasteiger partial charge on any atom is 0.243 e. The van der Waals surface area contributed by atoms with Crippen LogP contribution in [0.25, 0.3) is 0 Å². The molecule has 2 aromatic rings. The maximum atomic E-state index is 13.0. The van der Waals surface area contributed by atoms with Gasteiger partial charge < -0.3 is 9.80 Å². The fourth-order valence-electron chi connectivity index (χ4n) is 2.96. The number of hydrogen-bond acceptors (Lipinski definition) is 2. The summed E-state index contributed by atoms with van der Waals surface area (Å²) in [5.41, 5.74) is 4.01. The lowest BCUT2D eigenvalue weighted by molar-refractivity contribution is -0.133. The van der Waals surface area contributed by atoms with Gasteiger partial charge in [-0.15, -0.1) is 0 Å². The van der Waals surface area contributed by atoms with Crippen molar-refractivity contribution in [1.29, 1.82) is 0 Å². The lowest BCUT2D eigenvalue weighted by atomic mass is 10.1. The Kier molecular flexibility index (Phi) is 6.56. The highest BCUT2D eigenvalue weighted by molar-refractivity contribution is 5.98. The van der Waals surface area contributed by atoms with Gasteiger partial charge in [0.15, 0.2) is 0 Å². The zero-order chi connectivity index (χ0) is 19.3. The van der Waals surface area contributed by atoms with E-state index in [1.165, 1.54) is 6.92 Å². The second kappa shape index (κ2) is 8.65. The number of carbonyl (C=O) groups is 2. The van der Waals surface area contributed by atoms with Crippen molar-refractivity contribution in [2.45, 2.75) is 47.2 Å². The molecule has 2 amide bonds. The molecule has 0 heterocycles. The highest BCUT2D eigenvalue weighted by atomic mass is 16.2. The van der Waals surface area contributed by atoms with Crippen molar-refractivity contribution in [2.75, 3.05) is 11.4 Å². The van der Waals surface area contributed by atoms with Crippen LogP contribution in [0.2, 0.25) is 0 Å². The van der Waals surface area contributed by atoms with E-state index < -0.39 is 0 Å². The molecule has 2 rings (SSSR count). The van der Waals surface area contributed by atoms with Gasteiger partial charge in [0, 0.05) is 25.2 Å². The largest absolute Gasteiger partial charge is 0.334 e. The molecular weight excluding hydrogens is 324 g/mol. The zero-order valence-corrected chi connectivity index (χ0v) is 16.3. The van der Waals surface area contributed by atoms with Crippen molar-refractivity contribution in [2.24, 2.45) is 0 Å². The minimum absolute atomic E-state index is 0.0463. The Hall–Kier alpha value is -2.62. The maximum absolute atomic E-state index is 13.0. The van der Waals surface area contributed by atoms with E-state index in [0.717, 1.165) is 22.4 Å². The lowest BCUT2D eigenvalue weighted by Crippen LogP contribution is -2.45. The van der Waals surface area contributed by atoms with E-state index in [9.17, 15) is 9.59 Å². The summed E-state index contributed by atoms with van der Waals surface area (Å²) in [6.07, 6.45) is 0. The molecule has 0 saturated carbocycles. The molecule has 2 aromatic carbocycles. The lowest BCUT2D eigenvalue weighted by Gasteiger charge is -2.31. The third kappa shape index (κ3) is 4.72. The quantitative estimate of drug-likeness (QED) is 0.785. The van der Waals surface area contributed by atoms with Crippen LogP contribution in [0.4, 0.5) is 5.69 Å². The van der Waals surface area contributed by atoms with Gasteiger partial charge in [-0.25, -0.2) is 0 Å². The summed E-state index contributed by atoms with van der Waals surface area (Å²) in [6.45, 7) is 10.1. The number of amides is 2. The van der Waals surface area contributed by atoms with Gasteiger partial charge >= 0.3 is 0 Å². The third-order valence-corrected chi connectivity index (χ3v) is 4.68. The van der Waals surface area contributed by atoms with Gasteiger partial charge in [-0.05, 0) is 50.5 Å². The summed E-state index contributed by atoms with van der Waals surface area (Å²) in [5, 5.41) is 0. The van der Waals surface area contributed by atoms with Crippen LogP contribution in [0.1, 0.15) is 37.5 Å². The molecule has 0 fully saturated rings. The molecule has 0 aliphatic rings. The molecule has 0 saturated heterocycles. The van der Waals surface area contributed by atoms with Crippen LogP contribution in [0.15, 0.2) is 48.5 Å². The third-order valence-electron chi connectivity index (χ3n) is 4.68. The Balaban J connectivity index is 2.24. The first kappa shape index (κ1) is 19.7. The molecule has 0 atom stereocenters. The molecular formula is C22H28N2O2. The van der Waals surface area contributed by atoms with Crippen LogP contribution < -0.4 is 4.90 Å². The number of aryl methyl sites for hydroxylation is 1. The molecule has 0 aliphatic heterocycles. The van der Waals surface area contributed by atoms with Gasteiger partial charge in [0.2, 0.25) is 11.8 Å². The van der Waals surface area contributed by atoms with Crippen molar-refractivity contribution in [3.05, 3.63) is 65.2 Å². The summed E-state index contributed by atoms with van der Waals surface area (Å²) >= 11 is 0. The van der Waals surface area contributed by atoms with E-state index in [1.807, 2.05) is 81.1 Å². The standard InChI is InChI=1S/C22H28N2O2/c1-16(2)23(14-20-11-7-6-8-12-20)22(26)15-24(19(5)25)21-13-9-10-17(3)18(21)4/h6-13,16H,14-15H2,1-5H3. The normalized spacial score (nSPS) is 10.7. The number of benzene rings is 2. The number of nitrogens with zero attached hydrogens (tertiary/aromatic N) is 2. The molecule has 26 heavy (non-hydrogen) atoms. The topological polar surface area (TPSA) is 40.6 Å². The highest BCUT2D eigenvalue weighted by Crippen LogP contribution is 2.23. The van der Waals surface area contributed by atoms with E-state index in [0.29, 0.717) is 6.54 Å². The molecule has 0 unspecified atom stereocenters. The fourth-order valence-corrected chi connectivity index (χ4v) is 2.96. The number of hydrogen-bond donors (Lipinski definition) is 0. The first-order valence-corrected chi connectivity index (χ1v) is 8.99. The fraction of sp³-hybridized carbons (Fsp3) is 0.364. The van der Waals surface area contributed by atoms with E-state index in [-0.39, 0.29) is 24.4 Å². The van der Waals surface area contributed by atoms with Crippen LogP contribution >= 0.6 is 0 Å². The molecule has 138 valence electrons. The van der Waals surface area contributed by atoms with Gasteiger partial charge in [0.1, 0.15) is 6.54 Å². The zero-order valence-electron chi connectivity index (χ0n) is 16.3. The van der Waals surface area contributed by atoms with Gasteiger partial charge in [-0.3, -0.25) is 9.59 Å². The highest BCUT2D eigenvalue weighted by Gasteiger charge is 2.23. The minimum atomic E-state index is -0.129. The molecule has 4 heteroatoms. The predicted molar refractivity (Wildman–Crippen MR) is 106 cm³/mol. The van der Waals surface area contributed by atoms with E-state index in [2.05, 4.69) is 0 Å². The Morgan fingerprint density at radius 2 is 1.62 bits per heavy atom. The van der Waals surface area contributed by atoms with Crippen LogP contribution in [-0.4, -0.2) is 29.3 Å². The summed E-state index contributed by atoms with van der Waals surface area (Å²) in [7, 11) is 0. The molecule has 0 radical (unpaired) electrons. The average molecular weight is 352 g/mol. The van der Waals surface area contributed by atoms with Gasteiger partial charge in [-0.2, -0.15) is 0 Å². The molecule has 0 bridgehead atoms. The Morgan fingerprint density at radius 3 is 2.19 bits per heavy atom.